The molecule has 0 aromatic carbocycles. The standard InChI is InChI=1S/C16H21N3O2/c1-3-6-13-11-15(21-10-9-20)19-16(18-13)14-8-5-7-12(4-2)17-14/h5,7-8,11,20H,3-4,6,9-10H2,1-2H3. The molecule has 0 saturated heterocycles. The van der Waals surface area contributed by atoms with Gasteiger partial charge in [0.1, 0.15) is 12.3 Å². The maximum absolute atomic E-state index is 8.87. The summed E-state index contributed by atoms with van der Waals surface area (Å²) in [5.74, 6) is 1.06. The Morgan fingerprint density at radius 3 is 2.67 bits per heavy atom. The summed E-state index contributed by atoms with van der Waals surface area (Å²) in [7, 11) is 0. The summed E-state index contributed by atoms with van der Waals surface area (Å²) < 4.78 is 5.43. The number of hydrogen-bond acceptors (Lipinski definition) is 5. The van der Waals surface area contributed by atoms with Crippen LogP contribution in [0.5, 0.6) is 5.88 Å². The van der Waals surface area contributed by atoms with Crippen molar-refractivity contribution >= 4 is 0 Å². The SMILES string of the molecule is CCCc1cc(OCCO)nc(-c2cccc(CC)n2)n1. The van der Waals surface area contributed by atoms with Crippen LogP contribution in [0.4, 0.5) is 0 Å². The average Bonchev–Trinajstić information content (AvgIpc) is 2.53. The molecule has 1 N–H and O–H groups in total. The van der Waals surface area contributed by atoms with Crippen molar-refractivity contribution < 1.29 is 9.84 Å². The molecule has 5 nitrogen and oxygen atoms in total. The number of nitrogens with zero attached hydrogens (tertiary/aromatic N) is 3. The molecule has 5 heteroatoms. The quantitative estimate of drug-likeness (QED) is 0.847. The molecule has 0 fully saturated rings. The third-order valence-corrected chi connectivity index (χ3v) is 3.00. The second-order valence-electron chi connectivity index (χ2n) is 4.71. The van der Waals surface area contributed by atoms with E-state index in [0.717, 1.165) is 36.3 Å². The van der Waals surface area contributed by atoms with E-state index >= 15 is 0 Å². The molecule has 2 heterocycles. The van der Waals surface area contributed by atoms with Gasteiger partial charge in [0.2, 0.25) is 5.88 Å². The van der Waals surface area contributed by atoms with Gasteiger partial charge in [0.25, 0.3) is 0 Å². The van der Waals surface area contributed by atoms with Gasteiger partial charge in [0, 0.05) is 17.5 Å². The topological polar surface area (TPSA) is 68.1 Å². The predicted octanol–water partition coefficient (Wildman–Crippen LogP) is 2.42. The minimum atomic E-state index is -0.0357. The first-order valence-electron chi connectivity index (χ1n) is 7.34. The molecular weight excluding hydrogens is 266 g/mol. The van der Waals surface area contributed by atoms with Crippen molar-refractivity contribution in [3.8, 4) is 17.4 Å². The minimum absolute atomic E-state index is 0.0357. The van der Waals surface area contributed by atoms with E-state index in [-0.39, 0.29) is 13.2 Å². The molecule has 0 atom stereocenters. The third-order valence-electron chi connectivity index (χ3n) is 3.00. The van der Waals surface area contributed by atoms with Gasteiger partial charge in [-0.25, -0.2) is 9.97 Å². The molecule has 0 radical (unpaired) electrons. The third kappa shape index (κ3) is 4.23. The zero-order valence-electron chi connectivity index (χ0n) is 12.5. The van der Waals surface area contributed by atoms with Gasteiger partial charge in [0.05, 0.1) is 6.61 Å². The molecule has 2 aromatic heterocycles. The van der Waals surface area contributed by atoms with E-state index in [2.05, 4.69) is 28.8 Å². The van der Waals surface area contributed by atoms with Crippen molar-refractivity contribution in [1.82, 2.24) is 15.0 Å². The lowest BCUT2D eigenvalue weighted by Crippen LogP contribution is -2.06. The van der Waals surface area contributed by atoms with E-state index in [1.807, 2.05) is 24.3 Å². The van der Waals surface area contributed by atoms with E-state index in [0.29, 0.717) is 11.7 Å². The van der Waals surface area contributed by atoms with Crippen LogP contribution >= 0.6 is 0 Å². The fourth-order valence-electron chi connectivity index (χ4n) is 2.00. The van der Waals surface area contributed by atoms with Crippen LogP contribution in [0.2, 0.25) is 0 Å². The predicted molar refractivity (Wildman–Crippen MR) is 81.2 cm³/mol. The number of aliphatic hydroxyl groups is 1. The Kier molecular flexibility index (Phi) is 5.63. The molecule has 2 aromatic rings. The summed E-state index contributed by atoms with van der Waals surface area (Å²) in [6, 6.07) is 7.68. The maximum atomic E-state index is 8.87. The Labute approximate surface area is 125 Å². The first-order valence-corrected chi connectivity index (χ1v) is 7.34. The van der Waals surface area contributed by atoms with Crippen LogP contribution in [-0.2, 0) is 12.8 Å². The molecule has 112 valence electrons. The Morgan fingerprint density at radius 2 is 1.95 bits per heavy atom. The van der Waals surface area contributed by atoms with Gasteiger partial charge in [-0.2, -0.15) is 4.98 Å². The molecule has 0 amide bonds. The Hall–Kier alpha value is -2.01. The van der Waals surface area contributed by atoms with Gasteiger partial charge < -0.3 is 9.84 Å². The molecule has 0 aliphatic rings. The normalized spacial score (nSPS) is 10.6. The number of aromatic nitrogens is 3. The van der Waals surface area contributed by atoms with Gasteiger partial charge in [0.15, 0.2) is 5.82 Å². The Morgan fingerprint density at radius 1 is 1.10 bits per heavy atom. The van der Waals surface area contributed by atoms with Crippen LogP contribution in [0.1, 0.15) is 31.7 Å². The molecule has 0 aliphatic heterocycles. The molecule has 2 rings (SSSR count). The van der Waals surface area contributed by atoms with Crippen molar-refractivity contribution in [1.29, 1.82) is 0 Å². The largest absolute Gasteiger partial charge is 0.475 e. The van der Waals surface area contributed by atoms with Crippen LogP contribution < -0.4 is 4.74 Å². The molecule has 0 unspecified atom stereocenters. The lowest BCUT2D eigenvalue weighted by Gasteiger charge is -2.09. The van der Waals surface area contributed by atoms with Crippen LogP contribution in [0.15, 0.2) is 24.3 Å². The highest BCUT2D eigenvalue weighted by molar-refractivity contribution is 5.50. The van der Waals surface area contributed by atoms with Gasteiger partial charge in [-0.1, -0.05) is 26.3 Å². The van der Waals surface area contributed by atoms with E-state index in [1.165, 1.54) is 0 Å². The van der Waals surface area contributed by atoms with E-state index in [4.69, 9.17) is 9.84 Å². The number of ether oxygens (including phenoxy) is 1. The van der Waals surface area contributed by atoms with Crippen LogP contribution in [-0.4, -0.2) is 33.3 Å². The molecule has 0 spiro atoms. The second kappa shape index (κ2) is 7.69. The highest BCUT2D eigenvalue weighted by Crippen LogP contribution is 2.19. The lowest BCUT2D eigenvalue weighted by molar-refractivity contribution is 0.196. The van der Waals surface area contributed by atoms with E-state index in [1.54, 1.807) is 0 Å². The van der Waals surface area contributed by atoms with Crippen molar-refractivity contribution in [3.05, 3.63) is 35.7 Å². The van der Waals surface area contributed by atoms with Crippen LogP contribution in [0.3, 0.4) is 0 Å². The first kappa shape index (κ1) is 15.4. The summed E-state index contributed by atoms with van der Waals surface area (Å²) in [6.45, 7) is 4.36. The fraction of sp³-hybridized carbons (Fsp3) is 0.438. The van der Waals surface area contributed by atoms with Gasteiger partial charge in [-0.05, 0) is 25.0 Å². The van der Waals surface area contributed by atoms with Crippen molar-refractivity contribution in [2.45, 2.75) is 33.1 Å². The highest BCUT2D eigenvalue weighted by Gasteiger charge is 2.09. The van der Waals surface area contributed by atoms with Gasteiger partial charge in [-0.15, -0.1) is 0 Å². The van der Waals surface area contributed by atoms with E-state index in [9.17, 15) is 0 Å². The zero-order valence-corrected chi connectivity index (χ0v) is 12.5. The second-order valence-corrected chi connectivity index (χ2v) is 4.71. The number of pyridine rings is 1. The number of aliphatic hydroxyl groups excluding tert-OH is 1. The van der Waals surface area contributed by atoms with Crippen molar-refractivity contribution in [2.24, 2.45) is 0 Å². The number of rotatable bonds is 7. The fourth-order valence-corrected chi connectivity index (χ4v) is 2.00. The summed E-state index contributed by atoms with van der Waals surface area (Å²) in [5, 5.41) is 8.87. The van der Waals surface area contributed by atoms with E-state index < -0.39 is 0 Å². The number of hydrogen-bond donors (Lipinski definition) is 1. The monoisotopic (exact) mass is 287 g/mol. The number of aryl methyl sites for hydroxylation is 2. The lowest BCUT2D eigenvalue weighted by atomic mass is 10.2. The van der Waals surface area contributed by atoms with Crippen LogP contribution in [0.25, 0.3) is 11.5 Å². The summed E-state index contributed by atoms with van der Waals surface area (Å²) >= 11 is 0. The van der Waals surface area contributed by atoms with Crippen molar-refractivity contribution in [3.63, 3.8) is 0 Å². The van der Waals surface area contributed by atoms with Crippen molar-refractivity contribution in [2.75, 3.05) is 13.2 Å². The highest BCUT2D eigenvalue weighted by atomic mass is 16.5. The van der Waals surface area contributed by atoms with Crippen LogP contribution in [0, 0.1) is 0 Å². The van der Waals surface area contributed by atoms with Gasteiger partial charge >= 0.3 is 0 Å². The smallest absolute Gasteiger partial charge is 0.217 e. The van der Waals surface area contributed by atoms with Gasteiger partial charge in [-0.3, -0.25) is 0 Å². The maximum Gasteiger partial charge on any atom is 0.217 e. The molecule has 0 aliphatic carbocycles. The summed E-state index contributed by atoms with van der Waals surface area (Å²) in [5.41, 5.74) is 2.69. The minimum Gasteiger partial charge on any atom is -0.475 e. The summed E-state index contributed by atoms with van der Waals surface area (Å²) in [4.78, 5) is 13.5. The Balaban J connectivity index is 2.37. The Bertz CT molecular complexity index is 587. The molecular formula is C16H21N3O2. The summed E-state index contributed by atoms with van der Waals surface area (Å²) in [6.07, 6.45) is 2.73. The molecule has 0 bridgehead atoms. The molecule has 21 heavy (non-hydrogen) atoms. The first-order chi connectivity index (χ1) is 10.3. The molecule has 0 saturated carbocycles. The average molecular weight is 287 g/mol. The zero-order chi connectivity index (χ0) is 15.1.